The first kappa shape index (κ1) is 9.92. The summed E-state index contributed by atoms with van der Waals surface area (Å²) in [6.07, 6.45) is 6.30. The lowest BCUT2D eigenvalue weighted by molar-refractivity contribution is 0.277. The summed E-state index contributed by atoms with van der Waals surface area (Å²) >= 11 is 0. The van der Waals surface area contributed by atoms with Crippen molar-refractivity contribution in [3.05, 3.63) is 36.2 Å². The fourth-order valence-electron chi connectivity index (χ4n) is 1.50. The molecule has 2 aromatic rings. The van der Waals surface area contributed by atoms with E-state index in [1.165, 1.54) is 5.69 Å². The van der Waals surface area contributed by atoms with E-state index >= 15 is 0 Å². The smallest absolute Gasteiger partial charge is 0.0950 e. The van der Waals surface area contributed by atoms with E-state index < -0.39 is 0 Å². The predicted octanol–water partition coefficient (Wildman–Crippen LogP) is 0.352. The average Bonchev–Trinajstić information content (AvgIpc) is 2.84. The van der Waals surface area contributed by atoms with Gasteiger partial charge in [0.05, 0.1) is 18.6 Å². The van der Waals surface area contributed by atoms with Crippen molar-refractivity contribution in [2.24, 2.45) is 7.05 Å². The highest BCUT2D eigenvalue weighted by Gasteiger charge is 2.00. The third kappa shape index (κ3) is 2.24. The van der Waals surface area contributed by atoms with Crippen LogP contribution in [0.5, 0.6) is 0 Å². The fraction of sp³-hybridized carbons (Fsp3) is 0.400. The molecule has 0 aliphatic carbocycles. The minimum atomic E-state index is -0.00128. The first-order chi connectivity index (χ1) is 7.29. The summed E-state index contributed by atoms with van der Waals surface area (Å²) in [5.41, 5.74) is 1.90. The number of aryl methyl sites for hydroxylation is 3. The summed E-state index contributed by atoms with van der Waals surface area (Å²) < 4.78 is 3.84. The Labute approximate surface area is 88.0 Å². The summed E-state index contributed by atoms with van der Waals surface area (Å²) in [5, 5.41) is 13.0. The molecule has 2 rings (SSSR count). The molecule has 2 aromatic heterocycles. The quantitative estimate of drug-likeness (QED) is 0.785. The van der Waals surface area contributed by atoms with Gasteiger partial charge in [0.1, 0.15) is 0 Å². The molecule has 5 heteroatoms. The second-order valence-electron chi connectivity index (χ2n) is 3.46. The van der Waals surface area contributed by atoms with Gasteiger partial charge in [-0.1, -0.05) is 0 Å². The Kier molecular flexibility index (Phi) is 2.82. The fourth-order valence-corrected chi connectivity index (χ4v) is 1.50. The summed E-state index contributed by atoms with van der Waals surface area (Å²) in [4.78, 5) is 4.05. The average molecular weight is 206 g/mol. The molecule has 0 aliphatic heterocycles. The van der Waals surface area contributed by atoms with Crippen molar-refractivity contribution in [3.63, 3.8) is 0 Å². The Morgan fingerprint density at radius 2 is 2.33 bits per heavy atom. The van der Waals surface area contributed by atoms with E-state index in [9.17, 15) is 0 Å². The van der Waals surface area contributed by atoms with Gasteiger partial charge in [0.2, 0.25) is 0 Å². The van der Waals surface area contributed by atoms with Gasteiger partial charge in [-0.3, -0.25) is 4.68 Å². The molecule has 0 atom stereocenters. The van der Waals surface area contributed by atoms with Gasteiger partial charge in [-0.2, -0.15) is 5.10 Å². The van der Waals surface area contributed by atoms with Crippen molar-refractivity contribution in [2.75, 3.05) is 0 Å². The number of rotatable bonds is 4. The van der Waals surface area contributed by atoms with E-state index in [1.807, 2.05) is 28.6 Å². The molecule has 0 bridgehead atoms. The maximum atomic E-state index is 8.86. The van der Waals surface area contributed by atoms with Crippen molar-refractivity contribution in [1.29, 1.82) is 0 Å². The van der Waals surface area contributed by atoms with Crippen LogP contribution in [0, 0.1) is 0 Å². The molecule has 0 saturated heterocycles. The lowest BCUT2D eigenvalue weighted by Gasteiger charge is -2.02. The summed E-state index contributed by atoms with van der Waals surface area (Å²) in [7, 11) is 1.93. The molecular formula is C10H14N4O. The van der Waals surface area contributed by atoms with Crippen molar-refractivity contribution in [2.45, 2.75) is 19.6 Å². The van der Waals surface area contributed by atoms with Crippen molar-refractivity contribution >= 4 is 0 Å². The van der Waals surface area contributed by atoms with Crippen LogP contribution in [-0.4, -0.2) is 24.4 Å². The van der Waals surface area contributed by atoms with Crippen LogP contribution in [-0.2, 0) is 26.6 Å². The molecule has 15 heavy (non-hydrogen) atoms. The highest BCUT2D eigenvalue weighted by molar-refractivity contribution is 5.01. The SMILES string of the molecule is Cn1nccc1CCn1cnc(CO)c1. The molecule has 0 fully saturated rings. The van der Waals surface area contributed by atoms with Crippen molar-refractivity contribution < 1.29 is 5.11 Å². The highest BCUT2D eigenvalue weighted by Crippen LogP contribution is 2.01. The van der Waals surface area contributed by atoms with E-state index in [-0.39, 0.29) is 6.61 Å². The molecule has 5 nitrogen and oxygen atoms in total. The standard InChI is InChI=1S/C10H14N4O/c1-13-10(2-4-12-13)3-5-14-6-9(7-15)11-8-14/h2,4,6,8,15H,3,5,7H2,1H3. The van der Waals surface area contributed by atoms with Crippen LogP contribution in [0.3, 0.4) is 0 Å². The zero-order valence-electron chi connectivity index (χ0n) is 8.67. The van der Waals surface area contributed by atoms with Crippen molar-refractivity contribution in [3.8, 4) is 0 Å². The van der Waals surface area contributed by atoms with Gasteiger partial charge in [0, 0.05) is 38.1 Å². The molecule has 0 aromatic carbocycles. The molecule has 0 aliphatic rings. The van der Waals surface area contributed by atoms with Crippen LogP contribution in [0.2, 0.25) is 0 Å². The van der Waals surface area contributed by atoms with Gasteiger partial charge in [-0.05, 0) is 6.07 Å². The van der Waals surface area contributed by atoms with Gasteiger partial charge < -0.3 is 9.67 Å². The molecular weight excluding hydrogens is 192 g/mol. The number of imidazole rings is 1. The normalized spacial score (nSPS) is 10.8. The molecule has 0 spiro atoms. The number of aliphatic hydroxyl groups excluding tert-OH is 1. The van der Waals surface area contributed by atoms with Crippen molar-refractivity contribution in [1.82, 2.24) is 19.3 Å². The minimum absolute atomic E-state index is 0.00128. The van der Waals surface area contributed by atoms with Gasteiger partial charge in [-0.15, -0.1) is 0 Å². The van der Waals surface area contributed by atoms with Gasteiger partial charge in [-0.25, -0.2) is 4.98 Å². The van der Waals surface area contributed by atoms with Crippen LogP contribution in [0.1, 0.15) is 11.4 Å². The van der Waals surface area contributed by atoms with Crippen LogP contribution in [0.25, 0.3) is 0 Å². The van der Waals surface area contributed by atoms with Crippen LogP contribution >= 0.6 is 0 Å². The first-order valence-electron chi connectivity index (χ1n) is 4.88. The minimum Gasteiger partial charge on any atom is -0.390 e. The van der Waals surface area contributed by atoms with Gasteiger partial charge in [0.25, 0.3) is 0 Å². The van der Waals surface area contributed by atoms with Crippen LogP contribution in [0.15, 0.2) is 24.8 Å². The van der Waals surface area contributed by atoms with E-state index in [0.29, 0.717) is 5.69 Å². The van der Waals surface area contributed by atoms with Gasteiger partial charge >= 0.3 is 0 Å². The molecule has 0 radical (unpaired) electrons. The monoisotopic (exact) mass is 206 g/mol. The van der Waals surface area contributed by atoms with Crippen LogP contribution < -0.4 is 0 Å². The number of hydrogen-bond donors (Lipinski definition) is 1. The lowest BCUT2D eigenvalue weighted by Crippen LogP contribution is -2.03. The third-order valence-electron chi connectivity index (χ3n) is 2.40. The number of nitrogens with zero attached hydrogens (tertiary/aromatic N) is 4. The summed E-state index contributed by atoms with van der Waals surface area (Å²) in [5.74, 6) is 0. The Morgan fingerprint density at radius 1 is 1.47 bits per heavy atom. The summed E-state index contributed by atoms with van der Waals surface area (Å²) in [6, 6.07) is 2.00. The molecule has 0 unspecified atom stereocenters. The maximum Gasteiger partial charge on any atom is 0.0950 e. The second-order valence-corrected chi connectivity index (χ2v) is 3.46. The Bertz CT molecular complexity index is 432. The Hall–Kier alpha value is -1.62. The van der Waals surface area contributed by atoms with Gasteiger partial charge in [0.15, 0.2) is 0 Å². The largest absolute Gasteiger partial charge is 0.390 e. The summed E-state index contributed by atoms with van der Waals surface area (Å²) in [6.45, 7) is 0.852. The second kappa shape index (κ2) is 4.27. The molecule has 2 heterocycles. The number of aromatic nitrogens is 4. The number of hydrogen-bond acceptors (Lipinski definition) is 3. The van der Waals surface area contributed by atoms with E-state index in [1.54, 1.807) is 12.5 Å². The maximum absolute atomic E-state index is 8.86. The molecule has 0 saturated carbocycles. The number of aliphatic hydroxyl groups is 1. The highest BCUT2D eigenvalue weighted by atomic mass is 16.3. The Balaban J connectivity index is 1.96. The zero-order valence-corrected chi connectivity index (χ0v) is 8.67. The zero-order chi connectivity index (χ0) is 10.7. The molecule has 80 valence electrons. The molecule has 1 N–H and O–H groups in total. The Morgan fingerprint density at radius 3 is 2.93 bits per heavy atom. The molecule has 0 amide bonds. The van der Waals surface area contributed by atoms with E-state index in [4.69, 9.17) is 5.11 Å². The van der Waals surface area contributed by atoms with E-state index in [0.717, 1.165) is 13.0 Å². The topological polar surface area (TPSA) is 55.9 Å². The van der Waals surface area contributed by atoms with Crippen LogP contribution in [0.4, 0.5) is 0 Å². The predicted molar refractivity (Wildman–Crippen MR) is 55.1 cm³/mol. The first-order valence-corrected chi connectivity index (χ1v) is 4.88. The van der Waals surface area contributed by atoms with E-state index in [2.05, 4.69) is 10.1 Å². The third-order valence-corrected chi connectivity index (χ3v) is 2.40. The lowest BCUT2D eigenvalue weighted by atomic mass is 10.3.